The van der Waals surface area contributed by atoms with Crippen LogP contribution in [0.25, 0.3) is 0 Å². The molecule has 0 radical (unpaired) electrons. The predicted octanol–water partition coefficient (Wildman–Crippen LogP) is 5.54. The van der Waals surface area contributed by atoms with Gasteiger partial charge < -0.3 is 15.1 Å². The first-order valence-corrected chi connectivity index (χ1v) is 12.7. The lowest BCUT2D eigenvalue weighted by molar-refractivity contribution is 0.295. The summed E-state index contributed by atoms with van der Waals surface area (Å²) in [5.74, 6) is 0.654. The Balaban J connectivity index is 1.53. The number of benzene rings is 2. The fourth-order valence-electron chi connectivity index (χ4n) is 5.13. The molecule has 0 spiro atoms. The molecule has 5 rings (SSSR count). The van der Waals surface area contributed by atoms with Crippen LogP contribution in [0.15, 0.2) is 46.0 Å². The van der Waals surface area contributed by atoms with Crippen molar-refractivity contribution in [2.75, 3.05) is 36.9 Å². The number of likely N-dealkylation sites (N-methyl/N-ethyl adjacent to an activating group) is 1. The predicted molar refractivity (Wildman–Crippen MR) is 141 cm³/mol. The van der Waals surface area contributed by atoms with E-state index in [2.05, 4.69) is 35.2 Å². The van der Waals surface area contributed by atoms with E-state index < -0.39 is 5.43 Å². The fourth-order valence-corrected chi connectivity index (χ4v) is 5.70. The van der Waals surface area contributed by atoms with Crippen LogP contribution in [0, 0.1) is 5.92 Å². The van der Waals surface area contributed by atoms with Crippen molar-refractivity contribution >= 4 is 40.3 Å². The molecule has 1 heterocycles. The van der Waals surface area contributed by atoms with Crippen molar-refractivity contribution in [1.29, 1.82) is 0 Å². The third-order valence-corrected chi connectivity index (χ3v) is 7.51. The molecule has 0 aromatic heterocycles. The zero-order chi connectivity index (χ0) is 24.0. The van der Waals surface area contributed by atoms with Gasteiger partial charge in [0, 0.05) is 47.8 Å². The maximum Gasteiger partial charge on any atom is 0.253 e. The molecule has 3 aromatic carbocycles. The standard InChI is InChI=1S/C27H29Cl2N3O2/c1-3-10-32(13-16-8-9-16)25-24(26(33)27(25)34)30-23-7-5-4-6-18(23)20-14-31(2)15-21-19(20)11-17(28)12-22(21)29/h4-7,11-12,16,20,30H,3,8-10,13-15H2,1-2H3. The summed E-state index contributed by atoms with van der Waals surface area (Å²) in [6.45, 7) is 5.26. The van der Waals surface area contributed by atoms with Crippen LogP contribution in [0.3, 0.4) is 0 Å². The third-order valence-electron chi connectivity index (χ3n) is 6.96. The molecule has 1 aliphatic carbocycles. The largest absolute Gasteiger partial charge is 0.366 e. The molecule has 0 bridgehead atoms. The van der Waals surface area contributed by atoms with Gasteiger partial charge in [-0.2, -0.15) is 0 Å². The average molecular weight is 498 g/mol. The fraction of sp³-hybridized carbons (Fsp3) is 0.407. The van der Waals surface area contributed by atoms with Crippen molar-refractivity contribution in [3.8, 4) is 0 Å². The van der Waals surface area contributed by atoms with E-state index in [9.17, 15) is 9.59 Å². The zero-order valence-electron chi connectivity index (χ0n) is 19.5. The highest BCUT2D eigenvalue weighted by Crippen LogP contribution is 2.41. The zero-order valence-corrected chi connectivity index (χ0v) is 21.0. The summed E-state index contributed by atoms with van der Waals surface area (Å²) < 4.78 is 0. The number of rotatable bonds is 8. The summed E-state index contributed by atoms with van der Waals surface area (Å²) in [6, 6.07) is 11.8. The van der Waals surface area contributed by atoms with Gasteiger partial charge in [-0.1, -0.05) is 48.3 Å². The van der Waals surface area contributed by atoms with Crippen LogP contribution < -0.4 is 21.1 Å². The number of anilines is 3. The molecular formula is C27H29Cl2N3O2. The normalized spacial score (nSPS) is 18.2. The van der Waals surface area contributed by atoms with Gasteiger partial charge in [0.2, 0.25) is 0 Å². The van der Waals surface area contributed by atoms with Crippen molar-refractivity contribution in [3.63, 3.8) is 0 Å². The highest BCUT2D eigenvalue weighted by molar-refractivity contribution is 6.35. The molecule has 0 amide bonds. The van der Waals surface area contributed by atoms with Gasteiger partial charge in [-0.3, -0.25) is 9.59 Å². The van der Waals surface area contributed by atoms with Gasteiger partial charge in [-0.25, -0.2) is 0 Å². The van der Waals surface area contributed by atoms with Crippen LogP contribution in [0.2, 0.25) is 10.0 Å². The second-order valence-corrected chi connectivity index (χ2v) is 10.5. The maximum absolute atomic E-state index is 12.7. The van der Waals surface area contributed by atoms with Crippen LogP contribution in [0.1, 0.15) is 48.8 Å². The Morgan fingerprint density at radius 1 is 1.09 bits per heavy atom. The molecule has 1 atom stereocenters. The van der Waals surface area contributed by atoms with Gasteiger partial charge in [-0.05, 0) is 67.1 Å². The van der Waals surface area contributed by atoms with E-state index in [1.54, 1.807) is 6.07 Å². The van der Waals surface area contributed by atoms with Crippen molar-refractivity contribution in [3.05, 3.63) is 83.6 Å². The van der Waals surface area contributed by atoms with Gasteiger partial charge in [0.15, 0.2) is 0 Å². The topological polar surface area (TPSA) is 52.6 Å². The Morgan fingerprint density at radius 2 is 1.85 bits per heavy atom. The lowest BCUT2D eigenvalue weighted by Crippen LogP contribution is -2.43. The minimum absolute atomic E-state index is 0.0294. The number of hydrogen-bond donors (Lipinski definition) is 1. The second-order valence-electron chi connectivity index (χ2n) is 9.69. The van der Waals surface area contributed by atoms with Crippen molar-refractivity contribution in [2.45, 2.75) is 38.6 Å². The Morgan fingerprint density at radius 3 is 2.59 bits per heavy atom. The van der Waals surface area contributed by atoms with Crippen LogP contribution in [-0.4, -0.2) is 31.6 Å². The third kappa shape index (κ3) is 4.37. The minimum Gasteiger partial charge on any atom is -0.366 e. The lowest BCUT2D eigenvalue weighted by Gasteiger charge is -2.34. The van der Waals surface area contributed by atoms with Crippen LogP contribution in [0.4, 0.5) is 17.1 Å². The average Bonchev–Trinajstić information content (AvgIpc) is 3.63. The summed E-state index contributed by atoms with van der Waals surface area (Å²) in [6.07, 6.45) is 3.32. The highest BCUT2D eigenvalue weighted by Gasteiger charge is 2.32. The van der Waals surface area contributed by atoms with Crippen LogP contribution >= 0.6 is 23.2 Å². The van der Waals surface area contributed by atoms with E-state index in [1.807, 2.05) is 24.3 Å². The molecule has 7 heteroatoms. The smallest absolute Gasteiger partial charge is 0.253 e. The number of para-hydroxylation sites is 1. The molecule has 34 heavy (non-hydrogen) atoms. The van der Waals surface area contributed by atoms with Gasteiger partial charge in [0.05, 0.1) is 0 Å². The number of fused-ring (bicyclic) bond motifs is 1. The molecule has 1 fully saturated rings. The molecule has 2 aliphatic rings. The van der Waals surface area contributed by atoms with E-state index in [0.717, 1.165) is 55.0 Å². The number of nitrogens with zero attached hydrogens (tertiary/aromatic N) is 2. The van der Waals surface area contributed by atoms with E-state index >= 15 is 0 Å². The number of nitrogens with one attached hydrogen (secondary N) is 1. The molecule has 0 saturated heterocycles. The van der Waals surface area contributed by atoms with Gasteiger partial charge in [0.25, 0.3) is 10.9 Å². The quantitative estimate of drug-likeness (QED) is 0.414. The molecule has 3 aromatic rings. The first kappa shape index (κ1) is 23.4. The highest BCUT2D eigenvalue weighted by atomic mass is 35.5. The summed E-state index contributed by atoms with van der Waals surface area (Å²) in [4.78, 5) is 29.6. The monoisotopic (exact) mass is 497 g/mol. The second kappa shape index (κ2) is 9.37. The van der Waals surface area contributed by atoms with Crippen molar-refractivity contribution in [2.24, 2.45) is 5.92 Å². The van der Waals surface area contributed by atoms with Crippen LogP contribution in [-0.2, 0) is 6.54 Å². The number of halogens is 2. The van der Waals surface area contributed by atoms with E-state index in [1.165, 1.54) is 12.8 Å². The van der Waals surface area contributed by atoms with E-state index in [0.29, 0.717) is 27.3 Å². The van der Waals surface area contributed by atoms with Crippen LogP contribution in [0.5, 0.6) is 0 Å². The first-order valence-electron chi connectivity index (χ1n) is 12.0. The summed E-state index contributed by atoms with van der Waals surface area (Å²) >= 11 is 12.9. The summed E-state index contributed by atoms with van der Waals surface area (Å²) in [5.41, 5.74) is 4.22. The van der Waals surface area contributed by atoms with Gasteiger partial charge >= 0.3 is 0 Å². The van der Waals surface area contributed by atoms with Crippen molar-refractivity contribution < 1.29 is 0 Å². The summed E-state index contributed by atoms with van der Waals surface area (Å²) in [7, 11) is 2.08. The SMILES string of the molecule is CCCN(CC1CC1)c1c(Nc2ccccc2C2CN(C)Cc3c(Cl)cc(Cl)cc32)c(=O)c1=O. The van der Waals surface area contributed by atoms with Gasteiger partial charge in [-0.15, -0.1) is 0 Å². The first-order chi connectivity index (χ1) is 16.4. The van der Waals surface area contributed by atoms with E-state index in [-0.39, 0.29) is 11.3 Å². The summed E-state index contributed by atoms with van der Waals surface area (Å²) in [5, 5.41) is 4.65. The molecule has 1 unspecified atom stereocenters. The minimum atomic E-state index is -0.436. The molecule has 178 valence electrons. The Bertz CT molecular complexity index is 1290. The van der Waals surface area contributed by atoms with E-state index in [4.69, 9.17) is 23.2 Å². The molecule has 1 saturated carbocycles. The number of hydrogen-bond acceptors (Lipinski definition) is 5. The molecule has 1 N–H and O–H groups in total. The molecule has 1 aliphatic heterocycles. The van der Waals surface area contributed by atoms with Gasteiger partial charge in [0.1, 0.15) is 11.4 Å². The maximum atomic E-state index is 12.7. The Hall–Kier alpha value is -2.34. The molecular weight excluding hydrogens is 469 g/mol. The Labute approximate surface area is 210 Å². The Kier molecular flexibility index (Phi) is 6.45. The van der Waals surface area contributed by atoms with Crippen molar-refractivity contribution in [1.82, 2.24) is 4.90 Å². The molecule has 5 nitrogen and oxygen atoms in total. The lowest BCUT2D eigenvalue weighted by atomic mass is 9.84.